The van der Waals surface area contributed by atoms with Crippen LogP contribution in [0, 0.1) is 5.92 Å². The van der Waals surface area contributed by atoms with Crippen LogP contribution in [0.25, 0.3) is 0 Å². The molecule has 1 aliphatic carbocycles. The molecule has 0 unspecified atom stereocenters. The van der Waals surface area contributed by atoms with E-state index in [1.165, 1.54) is 12.8 Å². The van der Waals surface area contributed by atoms with Crippen molar-refractivity contribution >= 4 is 11.8 Å². The molecule has 1 aliphatic heterocycles. The largest absolute Gasteiger partial charge is 0.349 e. The molecule has 0 bridgehead atoms. The minimum Gasteiger partial charge on any atom is -0.349 e. The zero-order chi connectivity index (χ0) is 17.7. The quantitative estimate of drug-likeness (QED) is 0.891. The van der Waals surface area contributed by atoms with Gasteiger partial charge in [0.25, 0.3) is 5.91 Å². The molecule has 6 heteroatoms. The smallest absolute Gasteiger partial charge is 0.258 e. The minimum atomic E-state index is -1.88. The number of hydrogen-bond donors (Lipinski definition) is 1. The van der Waals surface area contributed by atoms with E-state index in [9.17, 15) is 14.0 Å². The number of pyridine rings is 1. The van der Waals surface area contributed by atoms with E-state index in [2.05, 4.69) is 10.3 Å². The standard InChI is InChI=1S/C19H26FN3O2/c20-19(18(25)22-14-16-5-9-21-10-6-16)7-11-23(12-8-19)17(24)13-15-3-1-2-4-15/h5-6,9-10,15H,1-4,7-8,11-14H2,(H,22,25). The number of halogens is 1. The van der Waals surface area contributed by atoms with E-state index in [-0.39, 0.29) is 25.3 Å². The Labute approximate surface area is 148 Å². The number of piperidine rings is 1. The third-order valence-corrected chi connectivity index (χ3v) is 5.46. The molecule has 2 amide bonds. The van der Waals surface area contributed by atoms with Gasteiger partial charge < -0.3 is 10.2 Å². The van der Waals surface area contributed by atoms with Crippen molar-refractivity contribution in [3.63, 3.8) is 0 Å². The zero-order valence-corrected chi connectivity index (χ0v) is 14.5. The molecular weight excluding hydrogens is 321 g/mol. The van der Waals surface area contributed by atoms with Gasteiger partial charge in [-0.15, -0.1) is 0 Å². The van der Waals surface area contributed by atoms with Crippen LogP contribution in [0.2, 0.25) is 0 Å². The Balaban J connectivity index is 1.46. The first-order chi connectivity index (χ1) is 12.1. The fourth-order valence-corrected chi connectivity index (χ4v) is 3.77. The van der Waals surface area contributed by atoms with Crippen LogP contribution in [0.1, 0.15) is 50.5 Å². The molecule has 136 valence electrons. The number of nitrogens with one attached hydrogen (secondary N) is 1. The van der Waals surface area contributed by atoms with Crippen molar-refractivity contribution < 1.29 is 14.0 Å². The Morgan fingerprint density at radius 1 is 1.20 bits per heavy atom. The van der Waals surface area contributed by atoms with E-state index in [1.807, 2.05) is 0 Å². The number of likely N-dealkylation sites (tertiary alicyclic amines) is 1. The number of nitrogens with zero attached hydrogens (tertiary/aromatic N) is 2. The second kappa shape index (κ2) is 7.93. The van der Waals surface area contributed by atoms with Crippen LogP contribution in [0.5, 0.6) is 0 Å². The summed E-state index contributed by atoms with van der Waals surface area (Å²) < 4.78 is 14.9. The van der Waals surface area contributed by atoms with E-state index in [0.29, 0.717) is 25.4 Å². The maximum absolute atomic E-state index is 14.9. The van der Waals surface area contributed by atoms with Gasteiger partial charge in [0, 0.05) is 51.3 Å². The molecule has 25 heavy (non-hydrogen) atoms. The van der Waals surface area contributed by atoms with Gasteiger partial charge in [0.05, 0.1) is 0 Å². The average Bonchev–Trinajstić information content (AvgIpc) is 3.14. The highest BCUT2D eigenvalue weighted by Gasteiger charge is 2.42. The summed E-state index contributed by atoms with van der Waals surface area (Å²) in [5.74, 6) is 0.0339. The van der Waals surface area contributed by atoms with Gasteiger partial charge in [-0.05, 0) is 36.5 Å². The first-order valence-electron chi connectivity index (χ1n) is 9.21. The van der Waals surface area contributed by atoms with E-state index >= 15 is 0 Å². The lowest BCUT2D eigenvalue weighted by Gasteiger charge is -2.35. The molecule has 0 spiro atoms. The Bertz CT molecular complexity index is 594. The van der Waals surface area contributed by atoms with Crippen molar-refractivity contribution in [3.8, 4) is 0 Å². The Morgan fingerprint density at radius 2 is 1.84 bits per heavy atom. The van der Waals surface area contributed by atoms with Crippen LogP contribution < -0.4 is 5.32 Å². The number of alkyl halides is 1. The average molecular weight is 347 g/mol. The number of aromatic nitrogens is 1. The second-order valence-electron chi connectivity index (χ2n) is 7.24. The summed E-state index contributed by atoms with van der Waals surface area (Å²) in [5, 5.41) is 2.67. The molecule has 1 aromatic rings. The van der Waals surface area contributed by atoms with E-state index in [4.69, 9.17) is 0 Å². The summed E-state index contributed by atoms with van der Waals surface area (Å²) in [6, 6.07) is 3.57. The third kappa shape index (κ3) is 4.55. The lowest BCUT2D eigenvalue weighted by Crippen LogP contribution is -2.52. The topological polar surface area (TPSA) is 62.3 Å². The van der Waals surface area contributed by atoms with Crippen molar-refractivity contribution in [2.75, 3.05) is 13.1 Å². The molecule has 1 saturated carbocycles. The number of hydrogen-bond acceptors (Lipinski definition) is 3. The van der Waals surface area contributed by atoms with Gasteiger partial charge in [0.1, 0.15) is 0 Å². The Morgan fingerprint density at radius 3 is 2.48 bits per heavy atom. The van der Waals surface area contributed by atoms with Crippen LogP contribution in [-0.4, -0.2) is 40.5 Å². The summed E-state index contributed by atoms with van der Waals surface area (Å²) in [7, 11) is 0. The van der Waals surface area contributed by atoms with Crippen molar-refractivity contribution in [3.05, 3.63) is 30.1 Å². The molecule has 1 aromatic heterocycles. The summed E-state index contributed by atoms with van der Waals surface area (Å²) >= 11 is 0. The molecule has 0 aromatic carbocycles. The molecule has 2 heterocycles. The SMILES string of the molecule is O=C(CC1CCCC1)N1CCC(F)(C(=O)NCc2ccncc2)CC1. The maximum atomic E-state index is 14.9. The monoisotopic (exact) mass is 347 g/mol. The van der Waals surface area contributed by atoms with Crippen molar-refractivity contribution in [1.29, 1.82) is 0 Å². The van der Waals surface area contributed by atoms with Crippen LogP contribution in [-0.2, 0) is 16.1 Å². The summed E-state index contributed by atoms with van der Waals surface area (Å²) in [6.45, 7) is 0.937. The number of carbonyl (C=O) groups excluding carboxylic acids is 2. The fourth-order valence-electron chi connectivity index (χ4n) is 3.77. The predicted octanol–water partition coefficient (Wildman–Crippen LogP) is 2.61. The van der Waals surface area contributed by atoms with Gasteiger partial charge in [-0.1, -0.05) is 12.8 Å². The van der Waals surface area contributed by atoms with Gasteiger partial charge in [-0.3, -0.25) is 14.6 Å². The highest BCUT2D eigenvalue weighted by atomic mass is 19.1. The van der Waals surface area contributed by atoms with Gasteiger partial charge >= 0.3 is 0 Å². The molecule has 0 radical (unpaired) electrons. The lowest BCUT2D eigenvalue weighted by atomic mass is 9.91. The van der Waals surface area contributed by atoms with Crippen molar-refractivity contribution in [2.45, 2.75) is 57.2 Å². The molecule has 5 nitrogen and oxygen atoms in total. The summed E-state index contributed by atoms with van der Waals surface area (Å²) in [5.41, 5.74) is -0.993. The van der Waals surface area contributed by atoms with Crippen LogP contribution >= 0.6 is 0 Å². The van der Waals surface area contributed by atoms with Gasteiger partial charge in [-0.2, -0.15) is 0 Å². The molecule has 1 saturated heterocycles. The third-order valence-electron chi connectivity index (χ3n) is 5.46. The van der Waals surface area contributed by atoms with Crippen LogP contribution in [0.3, 0.4) is 0 Å². The Hall–Kier alpha value is -1.98. The normalized spacial score (nSPS) is 20.4. The molecule has 2 aliphatic rings. The number of carbonyl (C=O) groups is 2. The van der Waals surface area contributed by atoms with Gasteiger partial charge in [0.2, 0.25) is 5.91 Å². The van der Waals surface area contributed by atoms with Gasteiger partial charge in [0.15, 0.2) is 5.67 Å². The van der Waals surface area contributed by atoms with Crippen LogP contribution in [0.4, 0.5) is 4.39 Å². The number of rotatable bonds is 5. The molecule has 2 fully saturated rings. The highest BCUT2D eigenvalue weighted by Crippen LogP contribution is 2.31. The molecule has 3 rings (SSSR count). The molecule has 0 atom stereocenters. The maximum Gasteiger partial charge on any atom is 0.258 e. The van der Waals surface area contributed by atoms with Gasteiger partial charge in [-0.25, -0.2) is 4.39 Å². The zero-order valence-electron chi connectivity index (χ0n) is 14.5. The first kappa shape index (κ1) is 17.8. The van der Waals surface area contributed by atoms with E-state index < -0.39 is 11.6 Å². The molecule has 1 N–H and O–H groups in total. The lowest BCUT2D eigenvalue weighted by molar-refractivity contribution is -0.142. The van der Waals surface area contributed by atoms with E-state index in [0.717, 1.165) is 18.4 Å². The minimum absolute atomic E-state index is 0.0750. The highest BCUT2D eigenvalue weighted by molar-refractivity contribution is 5.85. The van der Waals surface area contributed by atoms with Crippen molar-refractivity contribution in [2.24, 2.45) is 5.92 Å². The molecular formula is C19H26FN3O2. The van der Waals surface area contributed by atoms with E-state index in [1.54, 1.807) is 29.4 Å². The fraction of sp³-hybridized carbons (Fsp3) is 0.632. The van der Waals surface area contributed by atoms with Crippen molar-refractivity contribution in [1.82, 2.24) is 15.2 Å². The van der Waals surface area contributed by atoms with Crippen LogP contribution in [0.15, 0.2) is 24.5 Å². The first-order valence-corrected chi connectivity index (χ1v) is 9.21. The second-order valence-corrected chi connectivity index (χ2v) is 7.24. The summed E-state index contributed by atoms with van der Waals surface area (Å²) in [6.07, 6.45) is 8.69. The Kier molecular flexibility index (Phi) is 5.66. The predicted molar refractivity (Wildman–Crippen MR) is 92.3 cm³/mol. The number of amides is 2. The summed E-state index contributed by atoms with van der Waals surface area (Å²) in [4.78, 5) is 30.2.